The zero-order chi connectivity index (χ0) is 20.7. The van der Waals surface area contributed by atoms with Crippen LogP contribution in [0.3, 0.4) is 0 Å². The van der Waals surface area contributed by atoms with Crippen LogP contribution in [0, 0.1) is 5.82 Å². The average Bonchev–Trinajstić information content (AvgIpc) is 2.63. The fourth-order valence-electron chi connectivity index (χ4n) is 2.69. The van der Waals surface area contributed by atoms with Gasteiger partial charge in [0.2, 0.25) is 17.7 Å². The van der Waals surface area contributed by atoms with Crippen LogP contribution in [0.1, 0.15) is 18.1 Å². The van der Waals surface area contributed by atoms with Crippen LogP contribution in [0.25, 0.3) is 0 Å². The van der Waals surface area contributed by atoms with Crippen molar-refractivity contribution in [3.63, 3.8) is 0 Å². The van der Waals surface area contributed by atoms with E-state index >= 15 is 0 Å². The molecule has 0 heterocycles. The highest BCUT2D eigenvalue weighted by molar-refractivity contribution is 6.31. The van der Waals surface area contributed by atoms with E-state index in [2.05, 4.69) is 10.6 Å². The van der Waals surface area contributed by atoms with E-state index in [-0.39, 0.29) is 12.8 Å². The van der Waals surface area contributed by atoms with E-state index in [1.807, 2.05) is 0 Å². The molecule has 4 N–H and O–H groups in total. The van der Waals surface area contributed by atoms with E-state index in [4.69, 9.17) is 17.3 Å². The molecule has 0 spiro atoms. The van der Waals surface area contributed by atoms with Gasteiger partial charge in [0.25, 0.3) is 0 Å². The van der Waals surface area contributed by atoms with Crippen molar-refractivity contribution >= 4 is 29.3 Å². The number of halogens is 2. The number of benzene rings is 2. The predicted molar refractivity (Wildman–Crippen MR) is 104 cm³/mol. The number of primary amides is 1. The summed E-state index contributed by atoms with van der Waals surface area (Å²) in [4.78, 5) is 36.0. The van der Waals surface area contributed by atoms with Gasteiger partial charge in [0.1, 0.15) is 17.9 Å². The molecule has 2 aromatic rings. The minimum Gasteiger partial charge on any atom is -0.368 e. The number of rotatable bonds is 8. The zero-order valence-electron chi connectivity index (χ0n) is 15.2. The lowest BCUT2D eigenvalue weighted by molar-refractivity contribution is -0.130. The molecule has 0 aliphatic carbocycles. The van der Waals surface area contributed by atoms with Crippen LogP contribution in [-0.2, 0) is 27.2 Å². The van der Waals surface area contributed by atoms with Crippen LogP contribution in [0.15, 0.2) is 48.5 Å². The highest BCUT2D eigenvalue weighted by atomic mass is 35.5. The first-order chi connectivity index (χ1) is 13.3. The van der Waals surface area contributed by atoms with Gasteiger partial charge in [-0.05, 0) is 29.3 Å². The molecular weight excluding hydrogens is 385 g/mol. The van der Waals surface area contributed by atoms with Gasteiger partial charge in [-0.25, -0.2) is 4.39 Å². The smallest absolute Gasteiger partial charge is 0.243 e. The van der Waals surface area contributed by atoms with Crippen molar-refractivity contribution in [3.8, 4) is 0 Å². The minimum atomic E-state index is -1.00. The van der Waals surface area contributed by atoms with E-state index in [1.54, 1.807) is 24.3 Å². The molecular formula is C20H21ClFN3O3. The number of amides is 3. The van der Waals surface area contributed by atoms with Crippen molar-refractivity contribution in [1.29, 1.82) is 0 Å². The van der Waals surface area contributed by atoms with Gasteiger partial charge in [0.05, 0.1) is 0 Å². The van der Waals surface area contributed by atoms with Gasteiger partial charge in [-0.2, -0.15) is 0 Å². The van der Waals surface area contributed by atoms with Crippen molar-refractivity contribution in [2.75, 3.05) is 0 Å². The lowest BCUT2D eigenvalue weighted by atomic mass is 10.0. The molecule has 8 heteroatoms. The highest BCUT2D eigenvalue weighted by Crippen LogP contribution is 2.17. The Kier molecular flexibility index (Phi) is 7.52. The molecule has 28 heavy (non-hydrogen) atoms. The molecule has 0 aromatic heterocycles. The number of carbonyl (C=O) groups excluding carboxylic acids is 3. The first-order valence-corrected chi connectivity index (χ1v) is 8.98. The second-order valence-electron chi connectivity index (χ2n) is 6.34. The van der Waals surface area contributed by atoms with E-state index in [1.165, 1.54) is 31.2 Å². The van der Waals surface area contributed by atoms with Crippen LogP contribution in [0.2, 0.25) is 5.02 Å². The number of carbonyl (C=O) groups is 3. The molecule has 2 rings (SSSR count). The summed E-state index contributed by atoms with van der Waals surface area (Å²) in [5, 5.41) is 5.56. The maximum absolute atomic E-state index is 13.1. The SMILES string of the molecule is CC(=O)N[C@H](Cc1ccc(F)cc1)C(=O)N[C@@H](Cc1ccccc1Cl)C(N)=O. The number of nitrogens with two attached hydrogens (primary N) is 1. The number of nitrogens with one attached hydrogen (secondary N) is 2. The lowest BCUT2D eigenvalue weighted by Crippen LogP contribution is -2.54. The second kappa shape index (κ2) is 9.85. The van der Waals surface area contributed by atoms with Crippen molar-refractivity contribution in [2.45, 2.75) is 31.8 Å². The Balaban J connectivity index is 2.14. The van der Waals surface area contributed by atoms with E-state index in [0.29, 0.717) is 16.1 Å². The molecule has 0 saturated carbocycles. The minimum absolute atomic E-state index is 0.115. The van der Waals surface area contributed by atoms with Gasteiger partial charge < -0.3 is 16.4 Å². The maximum atomic E-state index is 13.1. The molecule has 2 aromatic carbocycles. The summed E-state index contributed by atoms with van der Waals surface area (Å²) in [6.07, 6.45) is 0.243. The Bertz CT molecular complexity index is 858. The van der Waals surface area contributed by atoms with Crippen LogP contribution >= 0.6 is 11.6 Å². The third-order valence-corrected chi connectivity index (χ3v) is 4.46. The Labute approximate surface area is 167 Å². The largest absolute Gasteiger partial charge is 0.368 e. The summed E-state index contributed by atoms with van der Waals surface area (Å²) < 4.78 is 13.1. The predicted octanol–water partition coefficient (Wildman–Crippen LogP) is 1.74. The summed E-state index contributed by atoms with van der Waals surface area (Å²) in [5.74, 6) is -2.12. The molecule has 0 saturated heterocycles. The fourth-order valence-corrected chi connectivity index (χ4v) is 2.90. The van der Waals surface area contributed by atoms with Crippen molar-refractivity contribution in [3.05, 3.63) is 70.5 Å². The molecule has 0 radical (unpaired) electrons. The van der Waals surface area contributed by atoms with Gasteiger partial charge in [0, 0.05) is 24.8 Å². The van der Waals surface area contributed by atoms with Gasteiger partial charge in [-0.15, -0.1) is 0 Å². The second-order valence-corrected chi connectivity index (χ2v) is 6.75. The molecule has 0 unspecified atom stereocenters. The maximum Gasteiger partial charge on any atom is 0.243 e. The van der Waals surface area contributed by atoms with E-state index in [9.17, 15) is 18.8 Å². The van der Waals surface area contributed by atoms with Crippen LogP contribution in [0.5, 0.6) is 0 Å². The van der Waals surface area contributed by atoms with Gasteiger partial charge in [-0.3, -0.25) is 14.4 Å². The molecule has 0 bridgehead atoms. The first kappa shape index (κ1) is 21.4. The van der Waals surface area contributed by atoms with Crippen LogP contribution in [0.4, 0.5) is 4.39 Å². The highest BCUT2D eigenvalue weighted by Gasteiger charge is 2.26. The Hall–Kier alpha value is -2.93. The Morgan fingerprint density at radius 3 is 2.21 bits per heavy atom. The van der Waals surface area contributed by atoms with Crippen molar-refractivity contribution < 1.29 is 18.8 Å². The van der Waals surface area contributed by atoms with E-state index < -0.39 is 35.6 Å². The third kappa shape index (κ3) is 6.35. The summed E-state index contributed by atoms with van der Waals surface area (Å²) in [6.45, 7) is 1.28. The average molecular weight is 406 g/mol. The Morgan fingerprint density at radius 1 is 1.00 bits per heavy atom. The quantitative estimate of drug-likeness (QED) is 0.623. The molecule has 2 atom stereocenters. The molecule has 148 valence electrons. The summed E-state index contributed by atoms with van der Waals surface area (Å²) in [6, 6.07) is 10.5. The molecule has 0 aliphatic rings. The normalized spacial score (nSPS) is 12.7. The summed E-state index contributed by atoms with van der Waals surface area (Å²) in [5.41, 5.74) is 6.73. The van der Waals surface area contributed by atoms with Crippen LogP contribution in [-0.4, -0.2) is 29.8 Å². The van der Waals surface area contributed by atoms with Crippen molar-refractivity contribution in [1.82, 2.24) is 10.6 Å². The van der Waals surface area contributed by atoms with Gasteiger partial charge >= 0.3 is 0 Å². The molecule has 3 amide bonds. The fraction of sp³-hybridized carbons (Fsp3) is 0.250. The Morgan fingerprint density at radius 2 is 1.64 bits per heavy atom. The molecule has 0 fully saturated rings. The third-order valence-electron chi connectivity index (χ3n) is 4.09. The van der Waals surface area contributed by atoms with Crippen LogP contribution < -0.4 is 16.4 Å². The number of hydrogen-bond acceptors (Lipinski definition) is 3. The topological polar surface area (TPSA) is 101 Å². The van der Waals surface area contributed by atoms with Crippen molar-refractivity contribution in [2.24, 2.45) is 5.73 Å². The molecule has 6 nitrogen and oxygen atoms in total. The molecule has 0 aliphatic heterocycles. The zero-order valence-corrected chi connectivity index (χ0v) is 16.0. The summed E-state index contributed by atoms with van der Waals surface area (Å²) in [7, 11) is 0. The monoisotopic (exact) mass is 405 g/mol. The summed E-state index contributed by atoms with van der Waals surface area (Å²) >= 11 is 6.11. The lowest BCUT2D eigenvalue weighted by Gasteiger charge is -2.22. The van der Waals surface area contributed by atoms with E-state index in [0.717, 1.165) is 0 Å². The first-order valence-electron chi connectivity index (χ1n) is 8.61. The standard InChI is InChI=1S/C20H21ClFN3O3/c1-12(26)24-18(10-13-6-8-15(22)9-7-13)20(28)25-17(19(23)27)11-14-4-2-3-5-16(14)21/h2-9,17-18H,10-11H2,1H3,(H2,23,27)(H,24,26)(H,25,28)/t17-,18+/m0/s1. The van der Waals surface area contributed by atoms with Gasteiger partial charge in [0.15, 0.2) is 0 Å². The number of hydrogen-bond donors (Lipinski definition) is 3. The van der Waals surface area contributed by atoms with Gasteiger partial charge in [-0.1, -0.05) is 41.9 Å².